The van der Waals surface area contributed by atoms with Crippen molar-refractivity contribution in [2.24, 2.45) is 17.8 Å². The van der Waals surface area contributed by atoms with E-state index >= 15 is 0 Å². The largest absolute Gasteiger partial charge is 0.490 e. The normalized spacial score (nSPS) is 34.5. The first-order valence-electron chi connectivity index (χ1n) is 7.77. The molecule has 3 fully saturated rings. The topological polar surface area (TPSA) is 29.5 Å². The fourth-order valence-corrected chi connectivity index (χ4v) is 3.89. The zero-order valence-electron chi connectivity index (χ0n) is 11.3. The average molecular weight is 258 g/mol. The molecule has 3 atom stereocenters. The molecule has 1 aromatic carbocycles. The second-order valence-corrected chi connectivity index (χ2v) is 6.52. The number of ether oxygens (including phenoxy) is 1. The SMILES string of the molecule is OC(c1cccc(OC2CC2)c1)C1C2CCCCC21. The minimum atomic E-state index is -0.282. The molecule has 0 aromatic heterocycles. The van der Waals surface area contributed by atoms with Gasteiger partial charge in [0, 0.05) is 0 Å². The second-order valence-electron chi connectivity index (χ2n) is 6.52. The third kappa shape index (κ3) is 2.27. The summed E-state index contributed by atoms with van der Waals surface area (Å²) in [6.07, 6.45) is 7.87. The Bertz CT molecular complexity index is 454. The highest BCUT2D eigenvalue weighted by Gasteiger charge is 2.54. The van der Waals surface area contributed by atoms with E-state index in [2.05, 4.69) is 6.07 Å². The monoisotopic (exact) mass is 258 g/mol. The van der Waals surface area contributed by atoms with Gasteiger partial charge in [-0.05, 0) is 61.1 Å². The van der Waals surface area contributed by atoms with Crippen molar-refractivity contribution in [2.75, 3.05) is 0 Å². The van der Waals surface area contributed by atoms with Crippen LogP contribution in [0.5, 0.6) is 5.75 Å². The highest BCUT2D eigenvalue weighted by Crippen LogP contribution is 2.60. The van der Waals surface area contributed by atoms with Crippen molar-refractivity contribution in [1.82, 2.24) is 0 Å². The van der Waals surface area contributed by atoms with Crippen molar-refractivity contribution in [3.8, 4) is 5.75 Å². The number of rotatable bonds is 4. The second kappa shape index (κ2) is 4.52. The van der Waals surface area contributed by atoms with Gasteiger partial charge < -0.3 is 9.84 Å². The molecule has 0 spiro atoms. The molecule has 0 amide bonds. The van der Waals surface area contributed by atoms with E-state index in [9.17, 15) is 5.11 Å². The minimum Gasteiger partial charge on any atom is -0.490 e. The van der Waals surface area contributed by atoms with Gasteiger partial charge >= 0.3 is 0 Å². The first-order valence-corrected chi connectivity index (χ1v) is 7.77. The van der Waals surface area contributed by atoms with E-state index in [0.717, 1.165) is 23.1 Å². The lowest BCUT2D eigenvalue weighted by Crippen LogP contribution is -2.03. The molecule has 19 heavy (non-hydrogen) atoms. The van der Waals surface area contributed by atoms with Gasteiger partial charge in [-0.25, -0.2) is 0 Å². The smallest absolute Gasteiger partial charge is 0.120 e. The van der Waals surface area contributed by atoms with Gasteiger partial charge in [0.1, 0.15) is 5.75 Å². The molecule has 0 aliphatic heterocycles. The van der Waals surface area contributed by atoms with E-state index in [1.54, 1.807) is 0 Å². The Balaban J connectivity index is 1.48. The van der Waals surface area contributed by atoms with Crippen LogP contribution in [-0.4, -0.2) is 11.2 Å². The van der Waals surface area contributed by atoms with Crippen LogP contribution in [-0.2, 0) is 0 Å². The fourth-order valence-electron chi connectivity index (χ4n) is 3.89. The molecule has 1 aromatic rings. The van der Waals surface area contributed by atoms with E-state index in [1.165, 1.54) is 38.5 Å². The number of benzene rings is 1. The first kappa shape index (κ1) is 11.8. The molecule has 2 nitrogen and oxygen atoms in total. The molecule has 3 aliphatic carbocycles. The Morgan fingerprint density at radius 2 is 1.79 bits per heavy atom. The summed E-state index contributed by atoms with van der Waals surface area (Å²) < 4.78 is 5.82. The minimum absolute atomic E-state index is 0.282. The van der Waals surface area contributed by atoms with Gasteiger partial charge in [0.05, 0.1) is 12.2 Å². The molecule has 1 N–H and O–H groups in total. The molecule has 2 heteroatoms. The van der Waals surface area contributed by atoms with Crippen molar-refractivity contribution < 1.29 is 9.84 Å². The van der Waals surface area contributed by atoms with Gasteiger partial charge in [-0.3, -0.25) is 0 Å². The third-order valence-electron chi connectivity index (χ3n) is 5.11. The van der Waals surface area contributed by atoms with Crippen LogP contribution in [0.3, 0.4) is 0 Å². The fraction of sp³-hybridized carbons (Fsp3) is 0.647. The van der Waals surface area contributed by atoms with Crippen molar-refractivity contribution in [3.05, 3.63) is 29.8 Å². The number of fused-ring (bicyclic) bond motifs is 1. The molecule has 0 bridgehead atoms. The predicted octanol–water partition coefficient (Wildman–Crippen LogP) is 3.70. The van der Waals surface area contributed by atoms with Crippen LogP contribution in [0.2, 0.25) is 0 Å². The maximum Gasteiger partial charge on any atom is 0.120 e. The molecule has 3 unspecified atom stereocenters. The molecule has 3 saturated carbocycles. The maximum atomic E-state index is 10.6. The van der Waals surface area contributed by atoms with Crippen molar-refractivity contribution in [3.63, 3.8) is 0 Å². The summed E-state index contributed by atoms with van der Waals surface area (Å²) in [5.41, 5.74) is 1.05. The Morgan fingerprint density at radius 1 is 1.05 bits per heavy atom. The van der Waals surface area contributed by atoms with Crippen molar-refractivity contribution in [1.29, 1.82) is 0 Å². The van der Waals surface area contributed by atoms with Crippen LogP contribution in [0.25, 0.3) is 0 Å². The van der Waals surface area contributed by atoms with Crippen LogP contribution in [0.1, 0.15) is 50.2 Å². The Kier molecular flexibility index (Phi) is 2.80. The summed E-state index contributed by atoms with van der Waals surface area (Å²) in [7, 11) is 0. The number of aliphatic hydroxyl groups excluding tert-OH is 1. The molecule has 0 heterocycles. The van der Waals surface area contributed by atoms with Gasteiger partial charge in [-0.15, -0.1) is 0 Å². The van der Waals surface area contributed by atoms with Crippen LogP contribution in [0.4, 0.5) is 0 Å². The van der Waals surface area contributed by atoms with Crippen LogP contribution < -0.4 is 4.74 Å². The van der Waals surface area contributed by atoms with Gasteiger partial charge in [0.15, 0.2) is 0 Å². The summed E-state index contributed by atoms with van der Waals surface area (Å²) in [5, 5.41) is 10.6. The molecular weight excluding hydrogens is 236 g/mol. The predicted molar refractivity (Wildman–Crippen MR) is 74.0 cm³/mol. The van der Waals surface area contributed by atoms with Crippen molar-refractivity contribution in [2.45, 2.75) is 50.7 Å². The van der Waals surface area contributed by atoms with E-state index in [0.29, 0.717) is 12.0 Å². The van der Waals surface area contributed by atoms with Crippen LogP contribution in [0.15, 0.2) is 24.3 Å². The highest BCUT2D eigenvalue weighted by atomic mass is 16.5. The lowest BCUT2D eigenvalue weighted by atomic mass is 10.0. The summed E-state index contributed by atoms with van der Waals surface area (Å²) in [4.78, 5) is 0. The van der Waals surface area contributed by atoms with E-state index in [4.69, 9.17) is 4.74 Å². The Labute approximate surface area is 114 Å². The van der Waals surface area contributed by atoms with E-state index in [1.807, 2.05) is 18.2 Å². The van der Waals surface area contributed by atoms with E-state index in [-0.39, 0.29) is 6.10 Å². The Hall–Kier alpha value is -1.02. The molecule has 0 saturated heterocycles. The zero-order chi connectivity index (χ0) is 12.8. The summed E-state index contributed by atoms with van der Waals surface area (Å²) in [5.74, 6) is 3.02. The van der Waals surface area contributed by atoms with E-state index < -0.39 is 0 Å². The molecule has 3 aliphatic rings. The van der Waals surface area contributed by atoms with Crippen LogP contribution in [0, 0.1) is 17.8 Å². The lowest BCUT2D eigenvalue weighted by molar-refractivity contribution is 0.141. The summed E-state index contributed by atoms with van der Waals surface area (Å²) >= 11 is 0. The first-order chi connectivity index (χ1) is 9.33. The highest BCUT2D eigenvalue weighted by molar-refractivity contribution is 5.32. The molecule has 0 radical (unpaired) electrons. The summed E-state index contributed by atoms with van der Waals surface area (Å²) in [6.45, 7) is 0. The maximum absolute atomic E-state index is 10.6. The summed E-state index contributed by atoms with van der Waals surface area (Å²) in [6, 6.07) is 8.12. The van der Waals surface area contributed by atoms with Crippen LogP contribution >= 0.6 is 0 Å². The standard InChI is InChI=1S/C17H22O2/c18-17(16-14-6-1-2-7-15(14)16)11-4-3-5-13(10-11)19-12-8-9-12/h3-5,10,12,14-18H,1-2,6-9H2. The van der Waals surface area contributed by atoms with Crippen molar-refractivity contribution >= 4 is 0 Å². The molecule has 4 rings (SSSR count). The number of hydrogen-bond donors (Lipinski definition) is 1. The Morgan fingerprint density at radius 3 is 2.47 bits per heavy atom. The zero-order valence-corrected chi connectivity index (χ0v) is 11.3. The lowest BCUT2D eigenvalue weighted by Gasteiger charge is -2.13. The molecule has 102 valence electrons. The molecular formula is C17H22O2. The van der Waals surface area contributed by atoms with Gasteiger partial charge in [0.2, 0.25) is 0 Å². The van der Waals surface area contributed by atoms with Gasteiger partial charge in [-0.1, -0.05) is 25.0 Å². The number of aliphatic hydroxyl groups is 1. The quantitative estimate of drug-likeness (QED) is 0.892. The third-order valence-corrected chi connectivity index (χ3v) is 5.11. The van der Waals surface area contributed by atoms with Gasteiger partial charge in [0.25, 0.3) is 0 Å². The van der Waals surface area contributed by atoms with Gasteiger partial charge in [-0.2, -0.15) is 0 Å². The average Bonchev–Trinajstić information content (AvgIpc) is 3.33. The number of hydrogen-bond acceptors (Lipinski definition) is 2.